The zero-order valence-corrected chi connectivity index (χ0v) is 45.5. The van der Waals surface area contributed by atoms with Crippen LogP contribution in [0.1, 0.15) is 38.8 Å². The number of hydrogen-bond acceptors (Lipinski definition) is 13. The molecule has 0 saturated heterocycles. The lowest BCUT2D eigenvalue weighted by Crippen LogP contribution is -2.05. The van der Waals surface area contributed by atoms with E-state index in [0.717, 1.165) is 83.2 Å². The maximum atomic E-state index is 12.8. The predicted molar refractivity (Wildman–Crippen MR) is 335 cm³/mol. The van der Waals surface area contributed by atoms with E-state index < -0.39 is 0 Å². The molecule has 13 rings (SSSR count). The van der Waals surface area contributed by atoms with Gasteiger partial charge in [-0.05, 0) is 55.5 Å². The summed E-state index contributed by atoms with van der Waals surface area (Å²) >= 11 is 0. The fourth-order valence-corrected chi connectivity index (χ4v) is 9.53. The van der Waals surface area contributed by atoms with Gasteiger partial charge in [0.1, 0.15) is 17.1 Å². The van der Waals surface area contributed by atoms with E-state index in [9.17, 15) is 9.59 Å². The Morgan fingerprint density at radius 2 is 0.702 bits per heavy atom. The third kappa shape index (κ3) is 12.6. The molecular formula is C71H52N10O3. The summed E-state index contributed by atoms with van der Waals surface area (Å²) < 4.78 is 5.07. The van der Waals surface area contributed by atoms with Crippen LogP contribution in [0.4, 0.5) is 34.5 Å². The molecule has 3 heterocycles. The van der Waals surface area contributed by atoms with Crippen molar-refractivity contribution in [2.75, 3.05) is 22.6 Å². The van der Waals surface area contributed by atoms with E-state index in [2.05, 4.69) is 52.6 Å². The topological polar surface area (TPSA) is 181 Å². The third-order valence-electron chi connectivity index (χ3n) is 13.5. The minimum absolute atomic E-state index is 0.0142. The van der Waals surface area contributed by atoms with Gasteiger partial charge in [0.05, 0.1) is 23.8 Å². The third-order valence-corrected chi connectivity index (χ3v) is 13.5. The van der Waals surface area contributed by atoms with Crippen molar-refractivity contribution in [3.05, 3.63) is 289 Å². The van der Waals surface area contributed by atoms with Crippen molar-refractivity contribution in [1.29, 1.82) is 5.26 Å². The summed E-state index contributed by atoms with van der Waals surface area (Å²) in [5, 5.41) is 51.6. The second-order valence-corrected chi connectivity index (χ2v) is 19.1. The Labute approximate surface area is 485 Å². The molecule has 0 aliphatic rings. The lowest BCUT2D eigenvalue weighted by atomic mass is 10.0. The molecule has 0 aliphatic carbocycles. The molecule has 0 saturated carbocycles. The number of nitrogens with one attached hydrogen (secondary N) is 3. The van der Waals surface area contributed by atoms with Crippen LogP contribution in [0.15, 0.2) is 267 Å². The molecule has 13 nitrogen and oxygen atoms in total. The summed E-state index contributed by atoms with van der Waals surface area (Å²) in [5.74, 6) is 1.60. The van der Waals surface area contributed by atoms with E-state index in [1.807, 2.05) is 243 Å². The van der Waals surface area contributed by atoms with Crippen LogP contribution >= 0.6 is 0 Å². The number of fused-ring (bicyclic) bond motifs is 3. The maximum absolute atomic E-state index is 12.8. The van der Waals surface area contributed by atoms with Crippen LogP contribution in [0.5, 0.6) is 0 Å². The number of aromatic nitrogens is 6. The van der Waals surface area contributed by atoms with Crippen molar-refractivity contribution in [3.63, 3.8) is 0 Å². The Kier molecular flexibility index (Phi) is 16.8. The molecule has 3 N–H and O–H groups in total. The minimum Gasteiger partial charge on any atom is -0.462 e. The van der Waals surface area contributed by atoms with E-state index in [-0.39, 0.29) is 11.8 Å². The van der Waals surface area contributed by atoms with Crippen molar-refractivity contribution in [2.24, 2.45) is 0 Å². The SMILES string of the molecule is CCOC(=O)c1cccc(Nc2nnc(-c3ccccc3)c3ccccc23)c1.N#Cc1cccc(Nc2nnc(-c3ccccc3)c3ccccc23)c1.O=C(c1ccccc1)c1cccc(Nc2nnc(-c3ccccc3)c3ccccc23)c1. The number of hydrogen-bond donors (Lipinski definition) is 3. The smallest absolute Gasteiger partial charge is 0.338 e. The molecule has 0 fully saturated rings. The van der Waals surface area contributed by atoms with Crippen LogP contribution in [0, 0.1) is 11.3 Å². The van der Waals surface area contributed by atoms with Crippen molar-refractivity contribution >= 4 is 78.6 Å². The van der Waals surface area contributed by atoms with Gasteiger partial charge >= 0.3 is 5.97 Å². The normalized spacial score (nSPS) is 10.6. The number of carbonyl (C=O) groups excluding carboxylic acids is 2. The summed E-state index contributed by atoms with van der Waals surface area (Å²) in [6.07, 6.45) is 0. The quantitative estimate of drug-likeness (QED) is 0.0734. The second kappa shape index (κ2) is 26.0. The number of nitriles is 1. The molecule has 0 unspecified atom stereocenters. The Morgan fingerprint density at radius 1 is 0.369 bits per heavy atom. The number of ketones is 1. The van der Waals surface area contributed by atoms with E-state index in [4.69, 9.17) is 10.00 Å². The average molecular weight is 1090 g/mol. The second-order valence-electron chi connectivity index (χ2n) is 19.1. The number of carbonyl (C=O) groups is 2. The molecular weight excluding hydrogens is 1040 g/mol. The van der Waals surface area contributed by atoms with E-state index >= 15 is 0 Å². The first-order valence-corrected chi connectivity index (χ1v) is 27.1. The molecule has 0 radical (unpaired) electrons. The Balaban J connectivity index is 0.000000132. The van der Waals surface area contributed by atoms with Gasteiger partial charge in [0.15, 0.2) is 23.2 Å². The lowest BCUT2D eigenvalue weighted by Gasteiger charge is -2.12. The van der Waals surface area contributed by atoms with Gasteiger partial charge in [-0.3, -0.25) is 4.79 Å². The van der Waals surface area contributed by atoms with E-state index in [1.165, 1.54) is 0 Å². The molecule has 0 amide bonds. The van der Waals surface area contributed by atoms with Gasteiger partial charge in [0, 0.05) is 77.2 Å². The zero-order valence-electron chi connectivity index (χ0n) is 45.5. The highest BCUT2D eigenvalue weighted by Gasteiger charge is 2.16. The summed E-state index contributed by atoms with van der Waals surface area (Å²) in [6.45, 7) is 2.13. The molecule has 13 aromatic rings. The summed E-state index contributed by atoms with van der Waals surface area (Å²) in [7, 11) is 0. The molecule has 404 valence electrons. The summed E-state index contributed by atoms with van der Waals surface area (Å²) in [4.78, 5) is 24.8. The highest BCUT2D eigenvalue weighted by Crippen LogP contribution is 2.34. The molecule has 0 spiro atoms. The van der Waals surface area contributed by atoms with Crippen LogP contribution in [-0.4, -0.2) is 49.0 Å². The van der Waals surface area contributed by atoms with Gasteiger partial charge in [-0.15, -0.1) is 30.6 Å². The molecule has 10 aromatic carbocycles. The number of rotatable bonds is 13. The first kappa shape index (κ1) is 54.2. The molecule has 84 heavy (non-hydrogen) atoms. The largest absolute Gasteiger partial charge is 0.462 e. The molecule has 13 heteroatoms. The van der Waals surface area contributed by atoms with Crippen LogP contribution < -0.4 is 16.0 Å². The fourth-order valence-electron chi connectivity index (χ4n) is 9.53. The van der Waals surface area contributed by atoms with Crippen LogP contribution in [0.25, 0.3) is 66.1 Å². The molecule has 0 bridgehead atoms. The summed E-state index contributed by atoms with van der Waals surface area (Å²) in [6, 6.07) is 87.5. The average Bonchev–Trinajstić information content (AvgIpc) is 2.95. The van der Waals surface area contributed by atoms with Crippen molar-refractivity contribution < 1.29 is 14.3 Å². The number of nitrogens with zero attached hydrogens (tertiary/aromatic N) is 7. The Hall–Kier alpha value is -11.8. The van der Waals surface area contributed by atoms with E-state index in [1.54, 1.807) is 31.2 Å². The van der Waals surface area contributed by atoms with Gasteiger partial charge < -0.3 is 20.7 Å². The fraction of sp³-hybridized carbons (Fsp3) is 0.0282. The van der Waals surface area contributed by atoms with E-state index in [0.29, 0.717) is 46.3 Å². The first-order chi connectivity index (χ1) is 41.4. The predicted octanol–water partition coefficient (Wildman–Crippen LogP) is 16.4. The highest BCUT2D eigenvalue weighted by molar-refractivity contribution is 6.10. The Bertz CT molecular complexity index is 4490. The van der Waals surface area contributed by atoms with Crippen molar-refractivity contribution in [1.82, 2.24) is 30.6 Å². The lowest BCUT2D eigenvalue weighted by molar-refractivity contribution is 0.0526. The van der Waals surface area contributed by atoms with Crippen LogP contribution in [-0.2, 0) is 4.74 Å². The van der Waals surface area contributed by atoms with Gasteiger partial charge in [-0.25, -0.2) is 4.79 Å². The van der Waals surface area contributed by atoms with Crippen molar-refractivity contribution in [2.45, 2.75) is 6.92 Å². The van der Waals surface area contributed by atoms with Crippen LogP contribution in [0.3, 0.4) is 0 Å². The highest BCUT2D eigenvalue weighted by atomic mass is 16.5. The number of ether oxygens (including phenoxy) is 1. The Morgan fingerprint density at radius 3 is 1.11 bits per heavy atom. The van der Waals surface area contributed by atoms with Gasteiger partial charge in [0.2, 0.25) is 0 Å². The molecule has 0 aliphatic heterocycles. The number of benzene rings is 10. The summed E-state index contributed by atoms with van der Waals surface area (Å²) in [5.41, 5.74) is 10.3. The van der Waals surface area contributed by atoms with Crippen molar-refractivity contribution in [3.8, 4) is 39.8 Å². The monoisotopic (exact) mass is 1090 g/mol. The van der Waals surface area contributed by atoms with Gasteiger partial charge in [-0.1, -0.05) is 218 Å². The molecule has 0 atom stereocenters. The first-order valence-electron chi connectivity index (χ1n) is 27.1. The molecule has 3 aromatic heterocycles. The number of anilines is 6. The standard InChI is InChI=1S/C27H19N3O.C23H19N3O2.C21H14N4/c31-26(20-12-5-2-6-13-20)21-14-9-15-22(18-21)28-27-24-17-8-7-16-23(24)25(29-30-27)19-10-3-1-4-11-19;1-2-28-23(27)17-11-8-12-18(15-17)24-22-20-14-7-6-13-19(20)21(25-26-22)16-9-4-3-5-10-16;22-14-15-7-6-10-17(13-15)23-21-19-12-5-4-11-18(19)20(24-25-21)16-8-2-1-3-9-16/h1-18H,(H,28,30);3-15H,2H2,1H3,(H,24,26);1-13H,(H,23,25). The zero-order chi connectivity index (χ0) is 57.5. The van der Waals surface area contributed by atoms with Crippen LogP contribution in [0.2, 0.25) is 0 Å². The van der Waals surface area contributed by atoms with Gasteiger partial charge in [0.25, 0.3) is 0 Å². The minimum atomic E-state index is -0.346. The van der Waals surface area contributed by atoms with Gasteiger partial charge in [-0.2, -0.15) is 5.26 Å². The number of esters is 1. The maximum Gasteiger partial charge on any atom is 0.338 e.